The van der Waals surface area contributed by atoms with Crippen molar-refractivity contribution in [3.63, 3.8) is 0 Å². The highest BCUT2D eigenvalue weighted by molar-refractivity contribution is 7.92. The molecular weight excluding hydrogens is 232 g/mol. The first kappa shape index (κ1) is 9.52. The van der Waals surface area contributed by atoms with Gasteiger partial charge in [0.25, 0.3) is 5.56 Å². The van der Waals surface area contributed by atoms with Gasteiger partial charge in [0.15, 0.2) is 21.0 Å². The number of aromatic nitrogens is 4. The maximum atomic E-state index is 11.9. The lowest BCUT2D eigenvalue weighted by Gasteiger charge is -2.26. The van der Waals surface area contributed by atoms with Crippen molar-refractivity contribution in [1.29, 1.82) is 0 Å². The molecule has 0 bridgehead atoms. The lowest BCUT2D eigenvalue weighted by atomic mass is 10.3. The predicted octanol–water partition coefficient (Wildman–Crippen LogP) is -0.911. The van der Waals surface area contributed by atoms with E-state index in [4.69, 9.17) is 0 Å². The van der Waals surface area contributed by atoms with Crippen LogP contribution in [0.15, 0.2) is 17.4 Å². The molecule has 0 unspecified atom stereocenters. The number of H-pyrrole nitrogens is 1. The van der Waals surface area contributed by atoms with Crippen molar-refractivity contribution in [3.05, 3.63) is 23.0 Å². The molecule has 2 aromatic heterocycles. The van der Waals surface area contributed by atoms with Gasteiger partial charge in [-0.3, -0.25) is 9.36 Å². The van der Waals surface area contributed by atoms with Crippen LogP contribution < -0.4 is 5.56 Å². The zero-order valence-electron chi connectivity index (χ0n) is 8.12. The Balaban J connectivity index is 2.12. The van der Waals surface area contributed by atoms with Crippen LogP contribution in [0.3, 0.4) is 0 Å². The smallest absolute Gasteiger partial charge is 0.279 e. The summed E-state index contributed by atoms with van der Waals surface area (Å²) < 4.78 is 23.4. The van der Waals surface area contributed by atoms with Crippen molar-refractivity contribution in [2.24, 2.45) is 0 Å². The Morgan fingerprint density at radius 3 is 2.81 bits per heavy atom. The summed E-state index contributed by atoms with van der Waals surface area (Å²) in [5.41, 5.74) is 0.387. The molecule has 3 heterocycles. The van der Waals surface area contributed by atoms with Crippen LogP contribution in [-0.2, 0) is 9.84 Å². The quantitative estimate of drug-likeness (QED) is 0.695. The normalized spacial score (nSPS) is 19.8. The largest absolute Gasteiger partial charge is 0.339 e. The van der Waals surface area contributed by atoms with Crippen molar-refractivity contribution in [2.75, 3.05) is 11.5 Å². The minimum atomic E-state index is -2.95. The number of sulfone groups is 1. The molecule has 0 amide bonds. The van der Waals surface area contributed by atoms with E-state index in [1.54, 1.807) is 0 Å². The first-order valence-electron chi connectivity index (χ1n) is 4.67. The molecule has 7 nitrogen and oxygen atoms in total. The van der Waals surface area contributed by atoms with Crippen LogP contribution in [0.5, 0.6) is 0 Å². The zero-order valence-corrected chi connectivity index (χ0v) is 8.94. The van der Waals surface area contributed by atoms with Crippen LogP contribution in [0, 0.1) is 0 Å². The average Bonchev–Trinajstić information content (AvgIpc) is 2.63. The van der Waals surface area contributed by atoms with E-state index in [1.165, 1.54) is 17.2 Å². The molecule has 0 spiro atoms. The van der Waals surface area contributed by atoms with Crippen LogP contribution in [0.25, 0.3) is 11.2 Å². The fourth-order valence-corrected chi connectivity index (χ4v) is 3.19. The highest BCUT2D eigenvalue weighted by Gasteiger charge is 2.35. The third kappa shape index (κ3) is 1.26. The van der Waals surface area contributed by atoms with Crippen molar-refractivity contribution >= 4 is 21.0 Å². The number of rotatable bonds is 1. The van der Waals surface area contributed by atoms with Gasteiger partial charge >= 0.3 is 0 Å². The monoisotopic (exact) mass is 240 g/mol. The predicted molar refractivity (Wildman–Crippen MR) is 55.8 cm³/mol. The molecule has 1 saturated heterocycles. The molecule has 3 rings (SSSR count). The lowest BCUT2D eigenvalue weighted by molar-refractivity contribution is 0.495. The molecule has 0 aliphatic carbocycles. The molecule has 0 radical (unpaired) electrons. The van der Waals surface area contributed by atoms with E-state index < -0.39 is 9.84 Å². The average molecular weight is 240 g/mol. The number of hydrogen-bond donors (Lipinski definition) is 1. The summed E-state index contributed by atoms with van der Waals surface area (Å²) >= 11 is 0. The number of nitrogens with zero attached hydrogens (tertiary/aromatic N) is 3. The van der Waals surface area contributed by atoms with Gasteiger partial charge in [-0.25, -0.2) is 18.4 Å². The fourth-order valence-electron chi connectivity index (χ4n) is 1.80. The second-order valence-corrected chi connectivity index (χ2v) is 5.94. The van der Waals surface area contributed by atoms with Gasteiger partial charge in [-0.05, 0) is 0 Å². The fraction of sp³-hybridized carbons (Fsp3) is 0.375. The number of hydrogen-bond acceptors (Lipinski definition) is 5. The van der Waals surface area contributed by atoms with Gasteiger partial charge in [-0.2, -0.15) is 0 Å². The van der Waals surface area contributed by atoms with E-state index in [0.717, 1.165) is 0 Å². The molecule has 0 aromatic carbocycles. The van der Waals surface area contributed by atoms with Gasteiger partial charge in [0, 0.05) is 0 Å². The first-order chi connectivity index (χ1) is 7.57. The Bertz CT molecular complexity index is 702. The third-order valence-corrected chi connectivity index (χ3v) is 4.44. The SMILES string of the molecule is O=c1c2[nH]cnc2ncn1C1CS(=O)(=O)C1. The highest BCUT2D eigenvalue weighted by Crippen LogP contribution is 2.21. The third-order valence-electron chi connectivity index (χ3n) is 2.66. The molecule has 1 fully saturated rings. The van der Waals surface area contributed by atoms with Gasteiger partial charge in [-0.1, -0.05) is 0 Å². The van der Waals surface area contributed by atoms with Gasteiger partial charge in [-0.15, -0.1) is 0 Å². The van der Waals surface area contributed by atoms with E-state index in [9.17, 15) is 13.2 Å². The molecule has 8 heteroatoms. The van der Waals surface area contributed by atoms with Gasteiger partial charge in [0.05, 0.1) is 23.9 Å². The highest BCUT2D eigenvalue weighted by atomic mass is 32.2. The Labute approximate surface area is 90.1 Å². The molecule has 1 aliphatic rings. The number of nitrogens with one attached hydrogen (secondary N) is 1. The maximum Gasteiger partial charge on any atom is 0.279 e. The summed E-state index contributed by atoms with van der Waals surface area (Å²) in [7, 11) is -2.95. The maximum absolute atomic E-state index is 11.9. The van der Waals surface area contributed by atoms with Gasteiger partial charge < -0.3 is 4.98 Å². The molecule has 1 aliphatic heterocycles. The molecule has 0 atom stereocenters. The van der Waals surface area contributed by atoms with E-state index in [1.807, 2.05) is 0 Å². The minimum absolute atomic E-state index is 0.00817. The van der Waals surface area contributed by atoms with E-state index in [2.05, 4.69) is 15.0 Å². The molecule has 0 saturated carbocycles. The van der Waals surface area contributed by atoms with Crippen LogP contribution in [0.2, 0.25) is 0 Å². The molecule has 1 N–H and O–H groups in total. The lowest BCUT2D eigenvalue weighted by Crippen LogP contribution is -2.42. The van der Waals surface area contributed by atoms with Gasteiger partial charge in [0.2, 0.25) is 0 Å². The van der Waals surface area contributed by atoms with Crippen LogP contribution >= 0.6 is 0 Å². The second-order valence-electron chi connectivity index (χ2n) is 3.79. The number of fused-ring (bicyclic) bond motifs is 1. The summed E-state index contributed by atoms with van der Waals surface area (Å²) in [6.07, 6.45) is 2.74. The van der Waals surface area contributed by atoms with Crippen LogP contribution in [0.4, 0.5) is 0 Å². The van der Waals surface area contributed by atoms with Crippen LogP contribution in [0.1, 0.15) is 6.04 Å². The van der Waals surface area contributed by atoms with E-state index >= 15 is 0 Å². The molecule has 84 valence electrons. The molecular formula is C8H8N4O3S. The summed E-state index contributed by atoms with van der Waals surface area (Å²) in [4.78, 5) is 22.4. The van der Waals surface area contributed by atoms with Crippen molar-refractivity contribution in [1.82, 2.24) is 19.5 Å². The molecule has 2 aromatic rings. The first-order valence-corrected chi connectivity index (χ1v) is 6.49. The van der Waals surface area contributed by atoms with Crippen molar-refractivity contribution in [2.45, 2.75) is 6.04 Å². The number of imidazole rings is 1. The number of aromatic amines is 1. The van der Waals surface area contributed by atoms with Gasteiger partial charge in [0.1, 0.15) is 6.33 Å². The van der Waals surface area contributed by atoms with E-state index in [0.29, 0.717) is 11.2 Å². The zero-order chi connectivity index (χ0) is 11.3. The van der Waals surface area contributed by atoms with E-state index in [-0.39, 0.29) is 23.1 Å². The summed E-state index contributed by atoms with van der Waals surface area (Å²) in [5, 5.41) is 0. The van der Waals surface area contributed by atoms with Crippen molar-refractivity contribution < 1.29 is 8.42 Å². The Morgan fingerprint density at radius 1 is 1.38 bits per heavy atom. The summed E-state index contributed by atoms with van der Waals surface area (Å²) in [6, 6.07) is -0.294. The minimum Gasteiger partial charge on any atom is -0.339 e. The summed E-state index contributed by atoms with van der Waals surface area (Å²) in [6.45, 7) is 0. The Morgan fingerprint density at radius 2 is 2.12 bits per heavy atom. The standard InChI is InChI=1S/C8H8N4O3S/c13-8-6-7(10-3-9-6)11-4-12(8)5-1-16(14,15)2-5/h3-5H,1-2H2,(H,9,10). The Kier molecular flexibility index (Phi) is 1.73. The van der Waals surface area contributed by atoms with Crippen molar-refractivity contribution in [3.8, 4) is 0 Å². The molecule has 16 heavy (non-hydrogen) atoms. The summed E-state index contributed by atoms with van der Waals surface area (Å²) in [5.74, 6) is 0.0163. The van der Waals surface area contributed by atoms with Crippen LogP contribution in [-0.4, -0.2) is 39.4 Å². The topological polar surface area (TPSA) is 97.7 Å². The Hall–Kier alpha value is -1.70. The second kappa shape index (κ2) is 2.91.